The third-order valence-corrected chi connectivity index (χ3v) is 4.17. The molecule has 80 valence electrons. The first-order valence-electron chi connectivity index (χ1n) is 4.64. The van der Waals surface area contributed by atoms with E-state index in [9.17, 15) is 8.42 Å². The lowest BCUT2D eigenvalue weighted by atomic mass is 10.0. The van der Waals surface area contributed by atoms with Gasteiger partial charge in [-0.25, -0.2) is 8.42 Å². The van der Waals surface area contributed by atoms with Crippen LogP contribution in [0.5, 0.6) is 0 Å². The van der Waals surface area contributed by atoms with Crippen LogP contribution in [0.1, 0.15) is 11.1 Å². The predicted molar refractivity (Wildman–Crippen MR) is 62.8 cm³/mol. The first-order valence-corrected chi connectivity index (χ1v) is 6.84. The maximum absolute atomic E-state index is 11.3. The van der Waals surface area contributed by atoms with Crippen molar-refractivity contribution in [2.45, 2.75) is 6.92 Å². The molecule has 0 saturated heterocycles. The Hall–Kier alpha value is -0.800. The highest BCUT2D eigenvalue weighted by Gasteiger charge is 2.21. The summed E-state index contributed by atoms with van der Waals surface area (Å²) < 4.78 is 22.7. The molecule has 1 aromatic carbocycles. The zero-order valence-electron chi connectivity index (χ0n) is 8.33. The maximum Gasteiger partial charge on any atom is 0.158 e. The molecule has 1 aliphatic rings. The van der Waals surface area contributed by atoms with E-state index >= 15 is 0 Å². The molecule has 0 N–H and O–H groups in total. The van der Waals surface area contributed by atoms with Gasteiger partial charge in [0.15, 0.2) is 9.84 Å². The van der Waals surface area contributed by atoms with E-state index < -0.39 is 9.84 Å². The van der Waals surface area contributed by atoms with Crippen LogP contribution in [-0.2, 0) is 9.84 Å². The Morgan fingerprint density at radius 2 is 2.07 bits per heavy atom. The normalized spacial score (nSPS) is 18.9. The molecular formula is C11H11ClO2S. The summed E-state index contributed by atoms with van der Waals surface area (Å²) in [5.41, 5.74) is 2.88. The number of benzene rings is 1. The molecule has 0 atom stereocenters. The van der Waals surface area contributed by atoms with Crippen molar-refractivity contribution in [1.29, 1.82) is 0 Å². The van der Waals surface area contributed by atoms with E-state index in [2.05, 4.69) is 0 Å². The Bertz CT molecular complexity index is 530. The number of sulfone groups is 1. The summed E-state index contributed by atoms with van der Waals surface area (Å²) in [4.78, 5) is 0. The molecule has 1 aliphatic heterocycles. The van der Waals surface area contributed by atoms with Gasteiger partial charge in [0.2, 0.25) is 0 Å². The second-order valence-corrected chi connectivity index (χ2v) is 6.29. The monoisotopic (exact) mass is 242 g/mol. The zero-order chi connectivity index (χ0) is 11.1. The number of hydrogen-bond donors (Lipinski definition) is 0. The molecule has 0 spiro atoms. The van der Waals surface area contributed by atoms with Gasteiger partial charge in [0, 0.05) is 5.02 Å². The van der Waals surface area contributed by atoms with Crippen molar-refractivity contribution in [3.8, 4) is 0 Å². The lowest BCUT2D eigenvalue weighted by Gasteiger charge is -2.06. The third kappa shape index (κ3) is 2.24. The van der Waals surface area contributed by atoms with E-state index in [0.29, 0.717) is 5.02 Å². The molecule has 0 aliphatic carbocycles. The van der Waals surface area contributed by atoms with Crippen molar-refractivity contribution >= 4 is 27.0 Å². The summed E-state index contributed by atoms with van der Waals surface area (Å²) >= 11 is 5.89. The molecule has 0 amide bonds. The van der Waals surface area contributed by atoms with Crippen LogP contribution < -0.4 is 0 Å². The molecule has 4 heteroatoms. The summed E-state index contributed by atoms with van der Waals surface area (Å²) in [5.74, 6) is 0.280. The van der Waals surface area contributed by atoms with Gasteiger partial charge in [0.05, 0.1) is 11.5 Å². The van der Waals surface area contributed by atoms with Gasteiger partial charge < -0.3 is 0 Å². The number of rotatable bonds is 1. The predicted octanol–water partition coefficient (Wildman–Crippen LogP) is 2.46. The Balaban J connectivity index is 2.44. The summed E-state index contributed by atoms with van der Waals surface area (Å²) in [6.45, 7) is 1.96. The highest BCUT2D eigenvalue weighted by molar-refractivity contribution is 7.92. The number of hydrogen-bond acceptors (Lipinski definition) is 2. The van der Waals surface area contributed by atoms with E-state index in [0.717, 1.165) is 16.7 Å². The second kappa shape index (κ2) is 3.65. The van der Waals surface area contributed by atoms with Crippen LogP contribution in [0, 0.1) is 6.92 Å². The maximum atomic E-state index is 11.3. The van der Waals surface area contributed by atoms with E-state index in [1.54, 1.807) is 6.08 Å². The molecular weight excluding hydrogens is 232 g/mol. The lowest BCUT2D eigenvalue weighted by molar-refractivity contribution is 0.603. The van der Waals surface area contributed by atoms with E-state index in [1.165, 1.54) is 0 Å². The van der Waals surface area contributed by atoms with Crippen molar-refractivity contribution in [2.24, 2.45) is 0 Å². The van der Waals surface area contributed by atoms with Crippen LogP contribution in [0.25, 0.3) is 5.57 Å². The SMILES string of the molecule is Cc1ccc(Cl)cc1C1=CCS(=O)(=O)C1. The molecule has 0 aromatic heterocycles. The molecule has 15 heavy (non-hydrogen) atoms. The topological polar surface area (TPSA) is 34.1 Å². The van der Waals surface area contributed by atoms with Crippen molar-refractivity contribution in [1.82, 2.24) is 0 Å². The third-order valence-electron chi connectivity index (χ3n) is 2.50. The van der Waals surface area contributed by atoms with Crippen LogP contribution in [-0.4, -0.2) is 19.9 Å². The van der Waals surface area contributed by atoms with Gasteiger partial charge in [-0.2, -0.15) is 0 Å². The van der Waals surface area contributed by atoms with Gasteiger partial charge >= 0.3 is 0 Å². The van der Waals surface area contributed by atoms with Crippen molar-refractivity contribution in [3.05, 3.63) is 40.4 Å². The van der Waals surface area contributed by atoms with Gasteiger partial charge in [-0.15, -0.1) is 0 Å². The molecule has 0 bridgehead atoms. The molecule has 2 nitrogen and oxygen atoms in total. The summed E-state index contributed by atoms with van der Waals surface area (Å²) in [6, 6.07) is 5.54. The van der Waals surface area contributed by atoms with Gasteiger partial charge in [-0.05, 0) is 35.8 Å². The molecule has 0 saturated carbocycles. The minimum absolute atomic E-state index is 0.133. The van der Waals surface area contributed by atoms with Gasteiger partial charge in [0.25, 0.3) is 0 Å². The number of aryl methyl sites for hydroxylation is 1. The average molecular weight is 243 g/mol. The fraction of sp³-hybridized carbons (Fsp3) is 0.273. The summed E-state index contributed by atoms with van der Waals surface area (Å²) in [6.07, 6.45) is 1.77. The Morgan fingerprint density at radius 1 is 1.33 bits per heavy atom. The van der Waals surface area contributed by atoms with Crippen molar-refractivity contribution < 1.29 is 8.42 Å². The minimum atomic E-state index is -2.91. The molecule has 0 fully saturated rings. The zero-order valence-corrected chi connectivity index (χ0v) is 9.90. The van der Waals surface area contributed by atoms with Crippen LogP contribution in [0.4, 0.5) is 0 Å². The van der Waals surface area contributed by atoms with Crippen molar-refractivity contribution in [3.63, 3.8) is 0 Å². The number of halogens is 1. The summed E-state index contributed by atoms with van der Waals surface area (Å²) in [5, 5.41) is 0.640. The van der Waals surface area contributed by atoms with Gasteiger partial charge in [-0.3, -0.25) is 0 Å². The molecule has 2 rings (SSSR count). The molecule has 1 heterocycles. The highest BCUT2D eigenvalue weighted by atomic mass is 35.5. The van der Waals surface area contributed by atoms with E-state index in [1.807, 2.05) is 25.1 Å². The van der Waals surface area contributed by atoms with Crippen LogP contribution in [0.15, 0.2) is 24.3 Å². The first-order chi connectivity index (χ1) is 6.98. The van der Waals surface area contributed by atoms with Crippen LogP contribution in [0.2, 0.25) is 5.02 Å². The smallest absolute Gasteiger partial charge is 0.158 e. The van der Waals surface area contributed by atoms with E-state index in [4.69, 9.17) is 11.6 Å². The lowest BCUT2D eigenvalue weighted by Crippen LogP contribution is -2.03. The van der Waals surface area contributed by atoms with Crippen LogP contribution >= 0.6 is 11.6 Å². The standard InChI is InChI=1S/C11H11ClO2S/c1-8-2-3-10(12)6-11(8)9-4-5-15(13,14)7-9/h2-4,6H,5,7H2,1H3. The largest absolute Gasteiger partial charge is 0.228 e. The average Bonchev–Trinajstić information content (AvgIpc) is 2.50. The minimum Gasteiger partial charge on any atom is -0.228 e. The van der Waals surface area contributed by atoms with Crippen LogP contribution in [0.3, 0.4) is 0 Å². The second-order valence-electron chi connectivity index (χ2n) is 3.74. The molecule has 0 unspecified atom stereocenters. The summed E-state index contributed by atoms with van der Waals surface area (Å²) in [7, 11) is -2.91. The molecule has 1 aromatic rings. The molecule has 0 radical (unpaired) electrons. The van der Waals surface area contributed by atoms with Gasteiger partial charge in [0.1, 0.15) is 0 Å². The highest BCUT2D eigenvalue weighted by Crippen LogP contribution is 2.27. The van der Waals surface area contributed by atoms with Crippen molar-refractivity contribution in [2.75, 3.05) is 11.5 Å². The quantitative estimate of drug-likeness (QED) is 0.758. The Morgan fingerprint density at radius 3 is 2.67 bits per heavy atom. The fourth-order valence-electron chi connectivity index (χ4n) is 1.71. The Kier molecular flexibility index (Phi) is 2.61. The Labute approximate surface area is 94.5 Å². The van der Waals surface area contributed by atoms with Gasteiger partial charge in [-0.1, -0.05) is 23.7 Å². The fourth-order valence-corrected chi connectivity index (χ4v) is 3.20. The van der Waals surface area contributed by atoms with E-state index in [-0.39, 0.29) is 11.5 Å². The first kappa shape index (κ1) is 10.7.